The molecule has 0 aliphatic rings. The second-order valence-corrected chi connectivity index (χ2v) is 6.62. The Hall–Kier alpha value is -2.81. The predicted octanol–water partition coefficient (Wildman–Crippen LogP) is 5.54. The number of rotatable bonds is 5. The van der Waals surface area contributed by atoms with Crippen LogP contribution in [-0.4, -0.2) is 19.2 Å². The zero-order valence-corrected chi connectivity index (χ0v) is 15.8. The number of methoxy groups -OCH3 is 2. The molecule has 0 N–H and O–H groups in total. The predicted molar refractivity (Wildman–Crippen MR) is 106 cm³/mol. The van der Waals surface area contributed by atoms with Gasteiger partial charge in [0.2, 0.25) is 0 Å². The van der Waals surface area contributed by atoms with Gasteiger partial charge in [0.15, 0.2) is 0 Å². The van der Waals surface area contributed by atoms with Crippen molar-refractivity contribution in [3.05, 3.63) is 63.4 Å². The Morgan fingerprint density at radius 2 is 1.92 bits per heavy atom. The summed E-state index contributed by atoms with van der Waals surface area (Å²) in [7, 11) is 3.18. The van der Waals surface area contributed by atoms with Crippen LogP contribution in [0.25, 0.3) is 22.9 Å². The molecule has 1 heterocycles. The maximum Gasteiger partial charge on any atom is 0.134 e. The van der Waals surface area contributed by atoms with Crippen LogP contribution in [0, 0.1) is 11.3 Å². The molecule has 0 aliphatic heterocycles. The van der Waals surface area contributed by atoms with Gasteiger partial charge in [0, 0.05) is 27.6 Å². The molecule has 0 fully saturated rings. The minimum atomic E-state index is 0.471. The van der Waals surface area contributed by atoms with E-state index in [1.807, 2.05) is 41.8 Å². The zero-order valence-electron chi connectivity index (χ0n) is 14.2. The van der Waals surface area contributed by atoms with Gasteiger partial charge in [-0.1, -0.05) is 23.7 Å². The summed E-state index contributed by atoms with van der Waals surface area (Å²) in [6.45, 7) is 0. The number of nitriles is 1. The molecular weight excluding hydrogens is 368 g/mol. The van der Waals surface area contributed by atoms with Crippen LogP contribution in [0.3, 0.4) is 0 Å². The van der Waals surface area contributed by atoms with Gasteiger partial charge in [-0.15, -0.1) is 11.3 Å². The Morgan fingerprint density at radius 3 is 2.58 bits per heavy atom. The molecule has 0 radical (unpaired) electrons. The molecule has 2 aromatic carbocycles. The molecule has 0 spiro atoms. The number of nitrogens with zero attached hydrogens (tertiary/aromatic N) is 2. The summed E-state index contributed by atoms with van der Waals surface area (Å²) in [5.74, 6) is 1.32. The van der Waals surface area contributed by atoms with Gasteiger partial charge in [0.25, 0.3) is 0 Å². The molecule has 0 bridgehead atoms. The van der Waals surface area contributed by atoms with Gasteiger partial charge >= 0.3 is 0 Å². The first-order valence-corrected chi connectivity index (χ1v) is 8.96. The summed E-state index contributed by atoms with van der Waals surface area (Å²) < 4.78 is 10.6. The highest BCUT2D eigenvalue weighted by atomic mass is 35.5. The quantitative estimate of drug-likeness (QED) is 0.543. The highest BCUT2D eigenvalue weighted by Crippen LogP contribution is 2.31. The molecule has 0 atom stereocenters. The van der Waals surface area contributed by atoms with Gasteiger partial charge < -0.3 is 9.47 Å². The fraction of sp³-hybridized carbons (Fsp3) is 0.100. The second kappa shape index (κ2) is 8.05. The Balaban J connectivity index is 1.96. The van der Waals surface area contributed by atoms with Gasteiger partial charge in [-0.3, -0.25) is 0 Å². The van der Waals surface area contributed by atoms with Crippen molar-refractivity contribution in [2.24, 2.45) is 0 Å². The lowest BCUT2D eigenvalue weighted by Gasteiger charge is -2.07. The number of aromatic nitrogens is 1. The van der Waals surface area contributed by atoms with Gasteiger partial charge in [-0.05, 0) is 30.3 Å². The summed E-state index contributed by atoms with van der Waals surface area (Å²) in [5, 5.41) is 12.8. The number of hydrogen-bond acceptors (Lipinski definition) is 5. The van der Waals surface area contributed by atoms with Gasteiger partial charge in [0.05, 0.1) is 25.5 Å². The van der Waals surface area contributed by atoms with Crippen LogP contribution in [0.4, 0.5) is 0 Å². The molecule has 0 aliphatic carbocycles. The van der Waals surface area contributed by atoms with Crippen molar-refractivity contribution in [3.63, 3.8) is 0 Å². The van der Waals surface area contributed by atoms with Crippen molar-refractivity contribution in [2.75, 3.05) is 14.2 Å². The Labute approximate surface area is 160 Å². The summed E-state index contributed by atoms with van der Waals surface area (Å²) >= 11 is 7.35. The SMILES string of the molecule is COc1ccc(/C=C(/C#N)c2nc(-c3ccc(Cl)cc3)cs2)c(OC)c1. The lowest BCUT2D eigenvalue weighted by molar-refractivity contribution is 0.394. The Morgan fingerprint density at radius 1 is 1.15 bits per heavy atom. The third-order valence-electron chi connectivity index (χ3n) is 3.74. The average molecular weight is 383 g/mol. The van der Waals surface area contributed by atoms with Crippen molar-refractivity contribution in [1.29, 1.82) is 5.26 Å². The zero-order chi connectivity index (χ0) is 18.5. The highest BCUT2D eigenvalue weighted by Gasteiger charge is 2.11. The first-order valence-electron chi connectivity index (χ1n) is 7.70. The van der Waals surface area contributed by atoms with E-state index in [1.165, 1.54) is 11.3 Å². The summed E-state index contributed by atoms with van der Waals surface area (Å²) in [4.78, 5) is 4.59. The number of ether oxygens (including phenoxy) is 2. The largest absolute Gasteiger partial charge is 0.497 e. The monoisotopic (exact) mass is 382 g/mol. The summed E-state index contributed by atoms with van der Waals surface area (Å²) in [6.07, 6.45) is 1.77. The number of benzene rings is 2. The van der Waals surface area contributed by atoms with Gasteiger partial charge in [-0.2, -0.15) is 5.26 Å². The van der Waals surface area contributed by atoms with E-state index in [0.717, 1.165) is 16.8 Å². The van der Waals surface area contributed by atoms with E-state index >= 15 is 0 Å². The van der Waals surface area contributed by atoms with E-state index in [9.17, 15) is 5.26 Å². The smallest absolute Gasteiger partial charge is 0.134 e. The lowest BCUT2D eigenvalue weighted by Crippen LogP contribution is -1.90. The normalized spacial score (nSPS) is 11.1. The van der Waals surface area contributed by atoms with E-state index in [0.29, 0.717) is 27.1 Å². The van der Waals surface area contributed by atoms with Gasteiger partial charge in [0.1, 0.15) is 22.6 Å². The van der Waals surface area contributed by atoms with E-state index in [4.69, 9.17) is 21.1 Å². The van der Waals surface area contributed by atoms with Crippen LogP contribution in [0.15, 0.2) is 47.8 Å². The molecule has 1 aromatic heterocycles. The Kier molecular flexibility index (Phi) is 5.57. The van der Waals surface area contributed by atoms with Crippen molar-refractivity contribution in [3.8, 4) is 28.8 Å². The molecule has 4 nitrogen and oxygen atoms in total. The van der Waals surface area contributed by atoms with Crippen LogP contribution in [0.5, 0.6) is 11.5 Å². The van der Waals surface area contributed by atoms with Crippen LogP contribution in [0.1, 0.15) is 10.6 Å². The molecule has 0 saturated carbocycles. The maximum atomic E-state index is 9.59. The minimum absolute atomic E-state index is 0.471. The maximum absolute atomic E-state index is 9.59. The summed E-state index contributed by atoms with van der Waals surface area (Å²) in [5.41, 5.74) is 3.02. The van der Waals surface area contributed by atoms with Crippen molar-refractivity contribution < 1.29 is 9.47 Å². The Bertz CT molecular complexity index is 988. The van der Waals surface area contributed by atoms with Crippen LogP contribution < -0.4 is 9.47 Å². The standard InChI is InChI=1S/C20H15ClN2O2S/c1-24-17-8-5-14(19(10-17)25-2)9-15(11-22)20-23-18(12-26-20)13-3-6-16(21)7-4-13/h3-10,12H,1-2H3/b15-9-. The fourth-order valence-electron chi connectivity index (χ4n) is 2.39. The topological polar surface area (TPSA) is 55.1 Å². The average Bonchev–Trinajstić information content (AvgIpc) is 3.16. The molecule has 6 heteroatoms. The minimum Gasteiger partial charge on any atom is -0.497 e. The van der Waals surface area contributed by atoms with E-state index in [2.05, 4.69) is 11.1 Å². The van der Waals surface area contributed by atoms with E-state index in [1.54, 1.807) is 26.4 Å². The van der Waals surface area contributed by atoms with Crippen LogP contribution in [-0.2, 0) is 0 Å². The lowest BCUT2D eigenvalue weighted by atomic mass is 10.1. The van der Waals surface area contributed by atoms with Crippen molar-refractivity contribution >= 4 is 34.6 Å². The summed E-state index contributed by atoms with van der Waals surface area (Å²) in [6, 6.07) is 15.1. The fourth-order valence-corrected chi connectivity index (χ4v) is 3.31. The van der Waals surface area contributed by atoms with E-state index in [-0.39, 0.29) is 0 Å². The molecule has 3 aromatic rings. The molecule has 3 rings (SSSR count). The molecule has 130 valence electrons. The highest BCUT2D eigenvalue weighted by molar-refractivity contribution is 7.11. The number of allylic oxidation sites excluding steroid dienone is 1. The van der Waals surface area contributed by atoms with Crippen molar-refractivity contribution in [1.82, 2.24) is 4.98 Å². The molecular formula is C20H15ClN2O2S. The third-order valence-corrected chi connectivity index (χ3v) is 4.86. The van der Waals surface area contributed by atoms with Crippen LogP contribution in [0.2, 0.25) is 5.02 Å². The number of hydrogen-bond donors (Lipinski definition) is 0. The van der Waals surface area contributed by atoms with E-state index < -0.39 is 0 Å². The van der Waals surface area contributed by atoms with Crippen molar-refractivity contribution in [2.45, 2.75) is 0 Å². The number of halogens is 1. The molecule has 0 saturated heterocycles. The number of thiazole rings is 1. The molecule has 26 heavy (non-hydrogen) atoms. The third kappa shape index (κ3) is 3.88. The first kappa shape index (κ1) is 18.0. The van der Waals surface area contributed by atoms with Gasteiger partial charge in [-0.25, -0.2) is 4.98 Å². The molecule has 0 unspecified atom stereocenters. The second-order valence-electron chi connectivity index (χ2n) is 5.32. The first-order chi connectivity index (χ1) is 12.6. The van der Waals surface area contributed by atoms with Crippen LogP contribution >= 0.6 is 22.9 Å². The molecule has 0 amide bonds.